The number of hydrogen-bond acceptors (Lipinski definition) is 0. The van der Waals surface area contributed by atoms with Crippen LogP contribution in [0.15, 0.2) is 127 Å². The fourth-order valence-electron chi connectivity index (χ4n) is 5.38. The number of halogens is 1. The molecule has 0 aliphatic heterocycles. The Hall–Kier alpha value is -3.61. The zero-order valence-corrected chi connectivity index (χ0v) is 18.3. The third-order valence-electron chi connectivity index (χ3n) is 6.63. The van der Waals surface area contributed by atoms with Crippen molar-refractivity contribution in [1.29, 1.82) is 0 Å². The zero-order valence-electron chi connectivity index (χ0n) is 17.5. The minimum Gasteiger partial charge on any atom is -0.0843 e. The highest BCUT2D eigenvalue weighted by Gasteiger charge is 2.47. The summed E-state index contributed by atoms with van der Waals surface area (Å²) >= 11 is 6.63. The van der Waals surface area contributed by atoms with Crippen molar-refractivity contribution in [1.82, 2.24) is 0 Å². The maximum atomic E-state index is 6.63. The van der Waals surface area contributed by atoms with Crippen LogP contribution >= 0.6 is 11.6 Å². The first-order valence-corrected chi connectivity index (χ1v) is 11.3. The smallest absolute Gasteiger partial charge is 0.0720 e. The SMILES string of the molecule is Clc1ccc2c(c1)C(c1ccccc1)(c1ccccc1-c1ccccc1)c1ccccc1-2. The maximum Gasteiger partial charge on any atom is 0.0720 e. The average Bonchev–Trinajstić information content (AvgIpc) is 3.15. The molecule has 1 unspecified atom stereocenters. The van der Waals surface area contributed by atoms with E-state index >= 15 is 0 Å². The van der Waals surface area contributed by atoms with E-state index in [1.807, 2.05) is 6.07 Å². The fraction of sp³-hybridized carbons (Fsp3) is 0.0323. The molecule has 6 rings (SSSR count). The Morgan fingerprint density at radius 3 is 1.69 bits per heavy atom. The quantitative estimate of drug-likeness (QED) is 0.265. The molecular weight excluding hydrogens is 408 g/mol. The summed E-state index contributed by atoms with van der Waals surface area (Å²) in [6.45, 7) is 0. The molecule has 0 saturated carbocycles. The van der Waals surface area contributed by atoms with Gasteiger partial charge in [0.05, 0.1) is 5.41 Å². The first-order chi connectivity index (χ1) is 15.8. The van der Waals surface area contributed by atoms with Crippen molar-refractivity contribution in [3.05, 3.63) is 155 Å². The molecule has 152 valence electrons. The minimum absolute atomic E-state index is 0.454. The van der Waals surface area contributed by atoms with Gasteiger partial charge < -0.3 is 0 Å². The molecule has 0 saturated heterocycles. The fourth-order valence-corrected chi connectivity index (χ4v) is 5.55. The molecule has 1 aliphatic rings. The predicted octanol–water partition coefficient (Wildman–Crippen LogP) is 8.37. The van der Waals surface area contributed by atoms with E-state index in [1.165, 1.54) is 44.5 Å². The number of benzene rings is 5. The van der Waals surface area contributed by atoms with Crippen molar-refractivity contribution in [2.24, 2.45) is 0 Å². The van der Waals surface area contributed by atoms with Gasteiger partial charge in [0.1, 0.15) is 0 Å². The Kier molecular flexibility index (Phi) is 4.48. The van der Waals surface area contributed by atoms with Gasteiger partial charge in [-0.15, -0.1) is 0 Å². The lowest BCUT2D eigenvalue weighted by Crippen LogP contribution is -2.29. The van der Waals surface area contributed by atoms with Gasteiger partial charge in [0.2, 0.25) is 0 Å². The molecule has 1 heteroatoms. The van der Waals surface area contributed by atoms with Crippen LogP contribution in [0.1, 0.15) is 22.3 Å². The summed E-state index contributed by atoms with van der Waals surface area (Å²) in [5.74, 6) is 0. The van der Waals surface area contributed by atoms with Crippen LogP contribution in [-0.4, -0.2) is 0 Å². The summed E-state index contributed by atoms with van der Waals surface area (Å²) in [4.78, 5) is 0. The summed E-state index contributed by atoms with van der Waals surface area (Å²) in [7, 11) is 0. The van der Waals surface area contributed by atoms with E-state index in [0.717, 1.165) is 5.02 Å². The van der Waals surface area contributed by atoms with Crippen molar-refractivity contribution < 1.29 is 0 Å². The van der Waals surface area contributed by atoms with Crippen molar-refractivity contribution in [3.63, 3.8) is 0 Å². The number of rotatable bonds is 3. The largest absolute Gasteiger partial charge is 0.0843 e. The third kappa shape index (κ3) is 2.70. The molecule has 5 aromatic rings. The first kappa shape index (κ1) is 19.1. The molecule has 0 fully saturated rings. The van der Waals surface area contributed by atoms with Gasteiger partial charge in [-0.1, -0.05) is 127 Å². The summed E-state index contributed by atoms with van der Waals surface area (Å²) < 4.78 is 0. The van der Waals surface area contributed by atoms with Crippen molar-refractivity contribution in [2.45, 2.75) is 5.41 Å². The van der Waals surface area contributed by atoms with Crippen molar-refractivity contribution in [2.75, 3.05) is 0 Å². The lowest BCUT2D eigenvalue weighted by Gasteiger charge is -2.35. The lowest BCUT2D eigenvalue weighted by atomic mass is 9.66. The molecule has 0 spiro atoms. The van der Waals surface area contributed by atoms with Gasteiger partial charge >= 0.3 is 0 Å². The van der Waals surface area contributed by atoms with Crippen LogP contribution in [-0.2, 0) is 5.41 Å². The van der Waals surface area contributed by atoms with Gasteiger partial charge in [0.15, 0.2) is 0 Å². The van der Waals surface area contributed by atoms with E-state index < -0.39 is 5.41 Å². The van der Waals surface area contributed by atoms with E-state index in [4.69, 9.17) is 11.6 Å². The summed E-state index contributed by atoms with van der Waals surface area (Å²) in [5.41, 5.74) is 9.56. The monoisotopic (exact) mass is 428 g/mol. The highest BCUT2D eigenvalue weighted by atomic mass is 35.5. The highest BCUT2D eigenvalue weighted by Crippen LogP contribution is 2.57. The second kappa shape index (κ2) is 7.51. The Labute approximate surface area is 193 Å². The van der Waals surface area contributed by atoms with E-state index in [-0.39, 0.29) is 0 Å². The second-order valence-corrected chi connectivity index (χ2v) is 8.70. The number of hydrogen-bond donors (Lipinski definition) is 0. The molecule has 0 amide bonds. The Bertz CT molecular complexity index is 1420. The van der Waals surface area contributed by atoms with Gasteiger partial charge in [-0.25, -0.2) is 0 Å². The van der Waals surface area contributed by atoms with E-state index in [2.05, 4.69) is 121 Å². The molecule has 0 aromatic heterocycles. The van der Waals surface area contributed by atoms with Crippen LogP contribution in [0.25, 0.3) is 22.3 Å². The Morgan fingerprint density at radius 1 is 0.438 bits per heavy atom. The van der Waals surface area contributed by atoms with Crippen LogP contribution < -0.4 is 0 Å². The summed E-state index contributed by atoms with van der Waals surface area (Å²) in [6, 6.07) is 45.4. The van der Waals surface area contributed by atoms with Crippen molar-refractivity contribution >= 4 is 11.6 Å². The molecule has 0 nitrogen and oxygen atoms in total. The molecule has 0 N–H and O–H groups in total. The normalized spacial score (nSPS) is 16.4. The molecule has 1 aliphatic carbocycles. The van der Waals surface area contributed by atoms with Gasteiger partial charge in [0, 0.05) is 5.02 Å². The first-order valence-electron chi connectivity index (χ1n) is 10.9. The average molecular weight is 429 g/mol. The van der Waals surface area contributed by atoms with Crippen LogP contribution in [0.2, 0.25) is 5.02 Å². The molecule has 32 heavy (non-hydrogen) atoms. The molecule has 1 atom stereocenters. The zero-order chi connectivity index (χ0) is 21.5. The van der Waals surface area contributed by atoms with E-state index in [1.54, 1.807) is 0 Å². The van der Waals surface area contributed by atoms with Crippen LogP contribution in [0.5, 0.6) is 0 Å². The lowest BCUT2D eigenvalue weighted by molar-refractivity contribution is 0.770. The topological polar surface area (TPSA) is 0 Å². The van der Waals surface area contributed by atoms with Gasteiger partial charge in [0.25, 0.3) is 0 Å². The van der Waals surface area contributed by atoms with Crippen LogP contribution in [0.4, 0.5) is 0 Å². The second-order valence-electron chi connectivity index (χ2n) is 8.26. The Morgan fingerprint density at radius 2 is 0.969 bits per heavy atom. The third-order valence-corrected chi connectivity index (χ3v) is 6.86. The Balaban J connectivity index is 1.81. The summed E-state index contributed by atoms with van der Waals surface area (Å²) in [6.07, 6.45) is 0. The van der Waals surface area contributed by atoms with E-state index in [9.17, 15) is 0 Å². The van der Waals surface area contributed by atoms with E-state index in [0.29, 0.717) is 0 Å². The van der Waals surface area contributed by atoms with Gasteiger partial charge in [-0.3, -0.25) is 0 Å². The summed E-state index contributed by atoms with van der Waals surface area (Å²) in [5, 5.41) is 0.758. The maximum absolute atomic E-state index is 6.63. The molecular formula is C31H21Cl. The van der Waals surface area contributed by atoms with Gasteiger partial charge in [-0.2, -0.15) is 0 Å². The minimum atomic E-state index is -0.454. The molecule has 0 bridgehead atoms. The van der Waals surface area contributed by atoms with Crippen LogP contribution in [0.3, 0.4) is 0 Å². The van der Waals surface area contributed by atoms with Gasteiger partial charge in [-0.05, 0) is 56.6 Å². The van der Waals surface area contributed by atoms with Crippen molar-refractivity contribution in [3.8, 4) is 22.3 Å². The predicted molar refractivity (Wildman–Crippen MR) is 134 cm³/mol. The van der Waals surface area contributed by atoms with Crippen LogP contribution in [0, 0.1) is 0 Å². The number of fused-ring (bicyclic) bond motifs is 3. The molecule has 5 aromatic carbocycles. The molecule has 0 radical (unpaired) electrons. The highest BCUT2D eigenvalue weighted by molar-refractivity contribution is 6.30. The molecule has 0 heterocycles. The standard InChI is InChI=1S/C31H21Cl/c32-24-19-20-27-26-16-8-10-18-29(26)31(30(27)21-24,23-13-5-2-6-14-23)28-17-9-7-15-25(28)22-11-3-1-4-12-22/h1-21H.